The molecule has 3 N–H and O–H groups in total. The van der Waals surface area contributed by atoms with E-state index in [-0.39, 0.29) is 17.2 Å². The van der Waals surface area contributed by atoms with Crippen molar-refractivity contribution in [3.63, 3.8) is 0 Å². The lowest BCUT2D eigenvalue weighted by Gasteiger charge is -2.31. The van der Waals surface area contributed by atoms with Gasteiger partial charge in [-0.1, -0.05) is 24.3 Å². The number of hydrogen-bond donors (Lipinski definition) is 3. The number of rotatable bonds is 5. The maximum atomic E-state index is 10.7. The van der Waals surface area contributed by atoms with Crippen molar-refractivity contribution in [2.75, 3.05) is 4.90 Å². The summed E-state index contributed by atoms with van der Waals surface area (Å²) in [5.74, 6) is 1.55. The molecule has 4 aromatic rings. The molecule has 0 aliphatic carbocycles. The SMILES string of the molecule is Cc1cc(N(c2cc(C)c(O)cc2C)c2ccccc2Oc2c(C)ccc(C)c2O)c(C)cc1O. The van der Waals surface area contributed by atoms with Crippen LogP contribution in [0.25, 0.3) is 0 Å². The zero-order valence-electron chi connectivity index (χ0n) is 21.0. The molecule has 0 saturated heterocycles. The minimum absolute atomic E-state index is 0.111. The summed E-state index contributed by atoms with van der Waals surface area (Å²) < 4.78 is 6.37. The second-order valence-corrected chi connectivity index (χ2v) is 9.13. The summed E-state index contributed by atoms with van der Waals surface area (Å²) in [6.07, 6.45) is 0. The minimum Gasteiger partial charge on any atom is -0.508 e. The molecule has 0 aliphatic rings. The van der Waals surface area contributed by atoms with Gasteiger partial charge < -0.3 is 25.0 Å². The van der Waals surface area contributed by atoms with Crippen LogP contribution in [0.2, 0.25) is 0 Å². The highest BCUT2D eigenvalue weighted by atomic mass is 16.5. The first-order valence-corrected chi connectivity index (χ1v) is 11.5. The fraction of sp³-hybridized carbons (Fsp3) is 0.200. The Morgan fingerprint density at radius 2 is 1.06 bits per heavy atom. The number of aryl methyl sites for hydroxylation is 6. The van der Waals surface area contributed by atoms with Gasteiger partial charge in [0.2, 0.25) is 0 Å². The van der Waals surface area contributed by atoms with E-state index in [1.165, 1.54) is 0 Å². The molecule has 0 heterocycles. The van der Waals surface area contributed by atoms with E-state index in [1.54, 1.807) is 12.1 Å². The standard InChI is InChI=1S/C30H31NO4/c1-17-11-12-18(2)30(29(17)34)35-28-10-8-7-9-23(28)31(24-13-21(5)26(32)15-19(24)3)25-14-22(6)27(33)16-20(25)4/h7-16,32-34H,1-6H3. The molecule has 0 spiro atoms. The first kappa shape index (κ1) is 24.0. The zero-order chi connectivity index (χ0) is 25.4. The lowest BCUT2D eigenvalue weighted by molar-refractivity contribution is 0.407. The smallest absolute Gasteiger partial charge is 0.172 e. The van der Waals surface area contributed by atoms with Gasteiger partial charge >= 0.3 is 0 Å². The van der Waals surface area contributed by atoms with Crippen LogP contribution in [-0.2, 0) is 0 Å². The van der Waals surface area contributed by atoms with E-state index >= 15 is 0 Å². The predicted octanol–water partition coefficient (Wildman–Crippen LogP) is 7.92. The summed E-state index contributed by atoms with van der Waals surface area (Å²) in [4.78, 5) is 2.07. The lowest BCUT2D eigenvalue weighted by atomic mass is 10.0. The Bertz CT molecular complexity index is 1370. The van der Waals surface area contributed by atoms with Gasteiger partial charge in [0.1, 0.15) is 11.5 Å². The van der Waals surface area contributed by atoms with Gasteiger partial charge in [-0.05, 0) is 111 Å². The van der Waals surface area contributed by atoms with Gasteiger partial charge in [0.05, 0.1) is 5.69 Å². The van der Waals surface area contributed by atoms with Gasteiger partial charge in [-0.25, -0.2) is 0 Å². The van der Waals surface area contributed by atoms with E-state index < -0.39 is 0 Å². The monoisotopic (exact) mass is 469 g/mol. The number of ether oxygens (including phenoxy) is 1. The molecule has 0 fully saturated rings. The molecule has 35 heavy (non-hydrogen) atoms. The van der Waals surface area contributed by atoms with Crippen molar-refractivity contribution in [1.29, 1.82) is 0 Å². The molecule has 0 aliphatic heterocycles. The van der Waals surface area contributed by atoms with Crippen molar-refractivity contribution in [3.8, 4) is 28.7 Å². The second kappa shape index (κ2) is 9.26. The van der Waals surface area contributed by atoms with Crippen molar-refractivity contribution in [1.82, 2.24) is 0 Å². The van der Waals surface area contributed by atoms with Crippen LogP contribution >= 0.6 is 0 Å². The van der Waals surface area contributed by atoms with Crippen molar-refractivity contribution in [2.24, 2.45) is 0 Å². The Hall–Kier alpha value is -4.12. The molecule has 0 radical (unpaired) electrons. The van der Waals surface area contributed by atoms with Gasteiger partial charge in [0.15, 0.2) is 17.2 Å². The molecular weight excluding hydrogens is 438 g/mol. The van der Waals surface area contributed by atoms with Crippen LogP contribution in [0.5, 0.6) is 28.7 Å². The lowest BCUT2D eigenvalue weighted by Crippen LogP contribution is -2.14. The third-order valence-electron chi connectivity index (χ3n) is 6.36. The summed E-state index contributed by atoms with van der Waals surface area (Å²) >= 11 is 0. The number of nitrogens with zero attached hydrogens (tertiary/aromatic N) is 1. The fourth-order valence-electron chi connectivity index (χ4n) is 4.18. The second-order valence-electron chi connectivity index (χ2n) is 9.13. The van der Waals surface area contributed by atoms with E-state index in [1.807, 2.05) is 90.1 Å². The molecule has 0 bridgehead atoms. The Labute approximate surface area is 206 Å². The number of hydrogen-bond acceptors (Lipinski definition) is 5. The van der Waals surface area contributed by atoms with Gasteiger partial charge in [-0.3, -0.25) is 0 Å². The number of phenolic OH excluding ortho intramolecular Hbond substituents is 3. The Kier molecular flexibility index (Phi) is 6.35. The summed E-state index contributed by atoms with van der Waals surface area (Å²) in [6.45, 7) is 11.4. The maximum absolute atomic E-state index is 10.7. The fourth-order valence-corrected chi connectivity index (χ4v) is 4.18. The molecule has 4 aromatic carbocycles. The van der Waals surface area contributed by atoms with Gasteiger partial charge in [0, 0.05) is 11.4 Å². The molecule has 5 heteroatoms. The first-order chi connectivity index (χ1) is 16.6. The van der Waals surface area contributed by atoms with Crippen LogP contribution in [0, 0.1) is 41.5 Å². The van der Waals surface area contributed by atoms with Gasteiger partial charge in [-0.15, -0.1) is 0 Å². The van der Waals surface area contributed by atoms with Crippen LogP contribution in [0.1, 0.15) is 33.4 Å². The van der Waals surface area contributed by atoms with Crippen molar-refractivity contribution < 1.29 is 20.1 Å². The third kappa shape index (κ3) is 4.50. The third-order valence-corrected chi connectivity index (χ3v) is 6.36. The van der Waals surface area contributed by atoms with Crippen LogP contribution in [-0.4, -0.2) is 15.3 Å². The molecule has 0 saturated carbocycles. The van der Waals surface area contributed by atoms with E-state index in [4.69, 9.17) is 4.74 Å². The summed E-state index contributed by atoms with van der Waals surface area (Å²) in [6, 6.07) is 18.8. The van der Waals surface area contributed by atoms with Crippen LogP contribution in [0.15, 0.2) is 60.7 Å². The van der Waals surface area contributed by atoms with Gasteiger partial charge in [-0.2, -0.15) is 0 Å². The van der Waals surface area contributed by atoms with Gasteiger partial charge in [0.25, 0.3) is 0 Å². The highest BCUT2D eigenvalue weighted by molar-refractivity contribution is 5.84. The molecule has 0 unspecified atom stereocenters. The molecule has 0 aromatic heterocycles. The summed E-state index contributed by atoms with van der Waals surface area (Å²) in [7, 11) is 0. The van der Waals surface area contributed by atoms with Crippen LogP contribution in [0.4, 0.5) is 17.1 Å². The molecular formula is C30H31NO4. The van der Waals surface area contributed by atoms with Crippen molar-refractivity contribution in [3.05, 3.63) is 94.0 Å². The average molecular weight is 470 g/mol. The van der Waals surface area contributed by atoms with E-state index in [2.05, 4.69) is 4.90 Å². The highest BCUT2D eigenvalue weighted by Gasteiger charge is 2.23. The number of anilines is 3. The molecule has 5 nitrogen and oxygen atoms in total. The van der Waals surface area contributed by atoms with E-state index in [0.717, 1.165) is 50.4 Å². The van der Waals surface area contributed by atoms with Crippen molar-refractivity contribution >= 4 is 17.1 Å². The molecule has 0 amide bonds. The first-order valence-electron chi connectivity index (χ1n) is 11.5. The minimum atomic E-state index is 0.111. The zero-order valence-corrected chi connectivity index (χ0v) is 21.0. The maximum Gasteiger partial charge on any atom is 0.172 e. The number of para-hydroxylation sites is 2. The van der Waals surface area contributed by atoms with Crippen molar-refractivity contribution in [2.45, 2.75) is 41.5 Å². The summed E-state index contributed by atoms with van der Waals surface area (Å²) in [5.41, 5.74) is 7.30. The number of aromatic hydroxyl groups is 3. The Balaban J connectivity index is 1.99. The molecule has 180 valence electrons. The van der Waals surface area contributed by atoms with E-state index in [0.29, 0.717) is 11.5 Å². The predicted molar refractivity (Wildman–Crippen MR) is 141 cm³/mol. The number of phenols is 3. The quantitative estimate of drug-likeness (QED) is 0.277. The summed E-state index contributed by atoms with van der Waals surface area (Å²) in [5, 5.41) is 31.4. The number of benzene rings is 4. The topological polar surface area (TPSA) is 73.2 Å². The van der Waals surface area contributed by atoms with E-state index in [9.17, 15) is 15.3 Å². The largest absolute Gasteiger partial charge is 0.508 e. The Morgan fingerprint density at radius 1 is 0.543 bits per heavy atom. The average Bonchev–Trinajstić information content (AvgIpc) is 2.81. The van der Waals surface area contributed by atoms with Crippen LogP contribution in [0.3, 0.4) is 0 Å². The Morgan fingerprint density at radius 3 is 1.63 bits per heavy atom. The molecule has 0 atom stereocenters. The highest BCUT2D eigenvalue weighted by Crippen LogP contribution is 2.47. The van der Waals surface area contributed by atoms with Crippen LogP contribution < -0.4 is 9.64 Å². The normalized spacial score (nSPS) is 10.9. The molecule has 4 rings (SSSR count).